The monoisotopic (exact) mass is 288 g/mol. The number of rotatable bonds is 4. The Hall–Kier alpha value is -1.51. The lowest BCUT2D eigenvalue weighted by atomic mass is 9.88. The number of hydrogen-bond acceptors (Lipinski definition) is 2. The first kappa shape index (κ1) is 13.5. The minimum atomic E-state index is -1.06. The zero-order valence-electron chi connectivity index (χ0n) is 11.3. The van der Waals surface area contributed by atoms with Gasteiger partial charge in [-0.05, 0) is 55.2 Å². The van der Waals surface area contributed by atoms with Crippen molar-refractivity contribution in [3.05, 3.63) is 64.7 Å². The van der Waals surface area contributed by atoms with Crippen molar-refractivity contribution in [1.29, 1.82) is 0 Å². The quantitative estimate of drug-likeness (QED) is 0.916. The highest BCUT2D eigenvalue weighted by atomic mass is 35.5. The second kappa shape index (κ2) is 5.12. The molecule has 0 amide bonds. The smallest absolute Gasteiger partial charge is 0.120 e. The number of halogens is 1. The third kappa shape index (κ3) is 2.82. The Bertz CT molecular complexity index is 601. The molecule has 20 heavy (non-hydrogen) atoms. The fraction of sp³-hybridized carbons (Fsp3) is 0.294. The summed E-state index contributed by atoms with van der Waals surface area (Å²) in [7, 11) is 0. The third-order valence-electron chi connectivity index (χ3n) is 3.63. The van der Waals surface area contributed by atoms with Gasteiger partial charge >= 0.3 is 0 Å². The standard InChI is InChI=1S/C17H17ClO2/c1-17(19,12-5-7-14(18)8-6-12)13-3-2-4-16(11-13)20-15-9-10-15/h2-8,11,15,19H,9-10H2,1H3. The predicted octanol–water partition coefficient (Wildman–Crippen LogP) is 4.14. The summed E-state index contributed by atoms with van der Waals surface area (Å²) in [5, 5.41) is 11.5. The van der Waals surface area contributed by atoms with Gasteiger partial charge in [0, 0.05) is 5.02 Å². The SMILES string of the molecule is CC(O)(c1ccc(Cl)cc1)c1cccc(OC2CC2)c1. The van der Waals surface area contributed by atoms with E-state index in [4.69, 9.17) is 16.3 Å². The summed E-state index contributed by atoms with van der Waals surface area (Å²) in [6, 6.07) is 14.9. The van der Waals surface area contributed by atoms with E-state index in [1.165, 1.54) is 0 Å². The van der Waals surface area contributed by atoms with Crippen LogP contribution in [0, 0.1) is 0 Å². The topological polar surface area (TPSA) is 29.5 Å². The molecule has 3 heteroatoms. The minimum absolute atomic E-state index is 0.353. The molecule has 0 spiro atoms. The van der Waals surface area contributed by atoms with Gasteiger partial charge in [-0.1, -0.05) is 35.9 Å². The number of ether oxygens (including phenoxy) is 1. The van der Waals surface area contributed by atoms with Crippen LogP contribution in [0.1, 0.15) is 30.9 Å². The van der Waals surface area contributed by atoms with Crippen LogP contribution in [0.3, 0.4) is 0 Å². The summed E-state index contributed by atoms with van der Waals surface area (Å²) >= 11 is 5.90. The summed E-state index contributed by atoms with van der Waals surface area (Å²) in [6.45, 7) is 1.78. The van der Waals surface area contributed by atoms with Gasteiger partial charge in [0.05, 0.1) is 6.10 Å². The molecule has 2 aromatic rings. The summed E-state index contributed by atoms with van der Waals surface area (Å²) in [4.78, 5) is 0. The molecule has 3 rings (SSSR count). The van der Waals surface area contributed by atoms with E-state index in [0.29, 0.717) is 11.1 Å². The Balaban J connectivity index is 1.90. The van der Waals surface area contributed by atoms with Crippen molar-refractivity contribution in [2.75, 3.05) is 0 Å². The molecule has 1 N–H and O–H groups in total. The first-order valence-corrected chi connectivity index (χ1v) is 7.19. The molecule has 0 radical (unpaired) electrons. The summed E-state index contributed by atoms with van der Waals surface area (Å²) in [5.74, 6) is 0.819. The van der Waals surface area contributed by atoms with Gasteiger partial charge in [-0.15, -0.1) is 0 Å². The molecule has 1 aliphatic rings. The van der Waals surface area contributed by atoms with Gasteiger partial charge in [0.1, 0.15) is 11.4 Å². The second-order valence-electron chi connectivity index (χ2n) is 5.42. The number of aliphatic hydroxyl groups is 1. The van der Waals surface area contributed by atoms with Gasteiger partial charge in [0.2, 0.25) is 0 Å². The van der Waals surface area contributed by atoms with Crippen LogP contribution in [0.5, 0.6) is 5.75 Å². The fourth-order valence-electron chi connectivity index (χ4n) is 2.19. The van der Waals surface area contributed by atoms with Crippen LogP contribution in [0.4, 0.5) is 0 Å². The highest BCUT2D eigenvalue weighted by Gasteiger charge is 2.27. The molecule has 0 bridgehead atoms. The summed E-state index contributed by atoms with van der Waals surface area (Å²) < 4.78 is 5.78. The maximum atomic E-state index is 10.8. The van der Waals surface area contributed by atoms with Crippen LogP contribution in [0.25, 0.3) is 0 Å². The number of benzene rings is 2. The molecule has 1 fully saturated rings. The third-order valence-corrected chi connectivity index (χ3v) is 3.88. The molecular formula is C17H17ClO2. The summed E-state index contributed by atoms with van der Waals surface area (Å²) in [5.41, 5.74) is 0.566. The molecule has 0 heterocycles. The molecule has 1 unspecified atom stereocenters. The van der Waals surface area contributed by atoms with Gasteiger partial charge in [-0.3, -0.25) is 0 Å². The molecule has 0 aliphatic heterocycles. The first-order valence-electron chi connectivity index (χ1n) is 6.81. The second-order valence-corrected chi connectivity index (χ2v) is 5.86. The molecule has 1 aliphatic carbocycles. The maximum Gasteiger partial charge on any atom is 0.120 e. The first-order chi connectivity index (χ1) is 9.55. The molecule has 2 nitrogen and oxygen atoms in total. The Labute approximate surface area is 124 Å². The molecule has 0 saturated heterocycles. The van der Waals surface area contributed by atoms with Gasteiger partial charge in [0.15, 0.2) is 0 Å². The average Bonchev–Trinajstić information content (AvgIpc) is 3.23. The van der Waals surface area contributed by atoms with Crippen LogP contribution >= 0.6 is 11.6 Å². The fourth-order valence-corrected chi connectivity index (χ4v) is 2.32. The van der Waals surface area contributed by atoms with Crippen molar-refractivity contribution < 1.29 is 9.84 Å². The van der Waals surface area contributed by atoms with Crippen LogP contribution in [-0.4, -0.2) is 11.2 Å². The van der Waals surface area contributed by atoms with Crippen molar-refractivity contribution >= 4 is 11.6 Å². The largest absolute Gasteiger partial charge is 0.490 e. The Morgan fingerprint density at radius 3 is 2.45 bits per heavy atom. The lowest BCUT2D eigenvalue weighted by Gasteiger charge is -2.25. The van der Waals surface area contributed by atoms with Gasteiger partial charge in [-0.25, -0.2) is 0 Å². The minimum Gasteiger partial charge on any atom is -0.490 e. The van der Waals surface area contributed by atoms with Crippen molar-refractivity contribution in [2.24, 2.45) is 0 Å². The predicted molar refractivity (Wildman–Crippen MR) is 80.2 cm³/mol. The van der Waals surface area contributed by atoms with Crippen molar-refractivity contribution in [1.82, 2.24) is 0 Å². The molecule has 104 valence electrons. The lowest BCUT2D eigenvalue weighted by Crippen LogP contribution is -2.22. The van der Waals surface area contributed by atoms with Crippen molar-refractivity contribution in [2.45, 2.75) is 31.5 Å². The molecule has 1 saturated carbocycles. The molecular weight excluding hydrogens is 272 g/mol. The Morgan fingerprint density at radius 1 is 1.10 bits per heavy atom. The molecule has 1 atom stereocenters. The average molecular weight is 289 g/mol. The normalized spacial score (nSPS) is 17.6. The van der Waals surface area contributed by atoms with Crippen LogP contribution in [0.15, 0.2) is 48.5 Å². The van der Waals surface area contributed by atoms with E-state index in [2.05, 4.69) is 0 Å². The van der Waals surface area contributed by atoms with E-state index in [0.717, 1.165) is 29.7 Å². The van der Waals surface area contributed by atoms with Gasteiger partial charge < -0.3 is 9.84 Å². The van der Waals surface area contributed by atoms with E-state index in [-0.39, 0.29) is 0 Å². The Morgan fingerprint density at radius 2 is 1.80 bits per heavy atom. The lowest BCUT2D eigenvalue weighted by molar-refractivity contribution is 0.102. The van der Waals surface area contributed by atoms with E-state index in [1.54, 1.807) is 19.1 Å². The van der Waals surface area contributed by atoms with E-state index in [9.17, 15) is 5.11 Å². The summed E-state index contributed by atoms with van der Waals surface area (Å²) in [6.07, 6.45) is 2.60. The zero-order chi connectivity index (χ0) is 14.2. The van der Waals surface area contributed by atoms with Crippen LogP contribution in [0.2, 0.25) is 5.02 Å². The van der Waals surface area contributed by atoms with Crippen molar-refractivity contribution in [3.8, 4) is 5.75 Å². The van der Waals surface area contributed by atoms with E-state index >= 15 is 0 Å². The molecule has 2 aromatic carbocycles. The Kier molecular flexibility index (Phi) is 3.45. The highest BCUT2D eigenvalue weighted by molar-refractivity contribution is 6.30. The van der Waals surface area contributed by atoms with Crippen LogP contribution in [-0.2, 0) is 5.60 Å². The highest BCUT2D eigenvalue weighted by Crippen LogP contribution is 2.33. The maximum absolute atomic E-state index is 10.8. The molecule has 0 aromatic heterocycles. The van der Waals surface area contributed by atoms with Crippen LogP contribution < -0.4 is 4.74 Å². The zero-order valence-corrected chi connectivity index (χ0v) is 12.1. The van der Waals surface area contributed by atoms with Gasteiger partial charge in [0.25, 0.3) is 0 Å². The van der Waals surface area contributed by atoms with Gasteiger partial charge in [-0.2, -0.15) is 0 Å². The number of hydrogen-bond donors (Lipinski definition) is 1. The van der Waals surface area contributed by atoms with E-state index < -0.39 is 5.60 Å². The van der Waals surface area contributed by atoms with Crippen molar-refractivity contribution in [3.63, 3.8) is 0 Å². The van der Waals surface area contributed by atoms with E-state index in [1.807, 2.05) is 36.4 Å².